The zero-order chi connectivity index (χ0) is 13.7. The maximum Gasteiger partial charge on any atom is 2.00 e. The molecule has 2 aromatic rings. The molecule has 0 saturated heterocycles. The van der Waals surface area contributed by atoms with Crippen molar-refractivity contribution in [1.82, 2.24) is 0 Å². The molecule has 0 atom stereocenters. The van der Waals surface area contributed by atoms with Crippen LogP contribution in [0.4, 0.5) is 0 Å². The molecule has 96 valence electrons. The van der Waals surface area contributed by atoms with Crippen LogP contribution in [0.2, 0.25) is 0 Å². The summed E-state index contributed by atoms with van der Waals surface area (Å²) in [6.45, 7) is 12.5. The van der Waals surface area contributed by atoms with Gasteiger partial charge in [0.25, 0.3) is 0 Å². The van der Waals surface area contributed by atoms with Gasteiger partial charge in [0.05, 0.1) is 0 Å². The summed E-state index contributed by atoms with van der Waals surface area (Å²) in [5.41, 5.74) is 7.56. The van der Waals surface area contributed by atoms with Crippen molar-refractivity contribution in [2.75, 3.05) is 0 Å². The summed E-state index contributed by atoms with van der Waals surface area (Å²) >= 11 is 0. The molecule has 0 amide bonds. The second kappa shape index (κ2) is 8.79. The average Bonchev–Trinajstić information content (AvgIpc) is 2.12. The van der Waals surface area contributed by atoms with Gasteiger partial charge in [0, 0.05) is 0 Å². The van der Waals surface area contributed by atoms with Crippen molar-refractivity contribution in [1.29, 1.82) is 0 Å². The summed E-state index contributed by atoms with van der Waals surface area (Å²) in [5, 5.41) is 0. The Morgan fingerprint density at radius 3 is 0.895 bits per heavy atom. The molecule has 0 spiro atoms. The van der Waals surface area contributed by atoms with E-state index >= 15 is 0 Å². The first kappa shape index (κ1) is 18.7. The van der Waals surface area contributed by atoms with Crippen LogP contribution in [0.25, 0.3) is 0 Å². The van der Waals surface area contributed by atoms with E-state index in [1.807, 2.05) is 0 Å². The van der Waals surface area contributed by atoms with Crippen molar-refractivity contribution in [3.8, 4) is 0 Å². The fraction of sp³-hybridized carbons (Fsp3) is 0.333. The Hall–Kier alpha value is -0.300. The monoisotopic (exact) mass is 278 g/mol. The van der Waals surface area contributed by atoms with E-state index in [2.05, 4.69) is 77.9 Å². The van der Waals surface area contributed by atoms with Crippen molar-refractivity contribution in [2.45, 2.75) is 41.5 Å². The second-order valence-electron chi connectivity index (χ2n) is 5.05. The van der Waals surface area contributed by atoms with Crippen LogP contribution in [0.3, 0.4) is 0 Å². The molecule has 0 unspecified atom stereocenters. The minimum absolute atomic E-state index is 0. The molecule has 19 heavy (non-hydrogen) atoms. The van der Waals surface area contributed by atoms with E-state index in [4.69, 9.17) is 0 Å². The van der Waals surface area contributed by atoms with Crippen molar-refractivity contribution < 1.29 is 0 Å². The van der Waals surface area contributed by atoms with Gasteiger partial charge >= 0.3 is 37.7 Å². The average molecular weight is 278 g/mol. The van der Waals surface area contributed by atoms with E-state index in [1.54, 1.807) is 0 Å². The number of hydrogen-bond acceptors (Lipinski definition) is 0. The van der Waals surface area contributed by atoms with E-state index in [0.29, 0.717) is 0 Å². The molecule has 0 bridgehead atoms. The molecule has 0 aliphatic carbocycles. The fourth-order valence-corrected chi connectivity index (χ4v) is 2.22. The van der Waals surface area contributed by atoms with Gasteiger partial charge in [0.1, 0.15) is 0 Å². The van der Waals surface area contributed by atoms with Crippen molar-refractivity contribution in [2.24, 2.45) is 0 Å². The van der Waals surface area contributed by atoms with Crippen LogP contribution in [0.5, 0.6) is 0 Å². The molecule has 1 heteroatoms. The standard InChI is InChI=1S/2C9H11.Ca/c2*1-7-4-8(2)6-9(3)5-7;/h2*4-5H,1-3H3;/q2*-1;+2. The molecular weight excluding hydrogens is 256 g/mol. The van der Waals surface area contributed by atoms with Gasteiger partial charge in [-0.1, -0.05) is 41.5 Å². The quantitative estimate of drug-likeness (QED) is 0.493. The normalized spacial score (nSPS) is 9.16. The number of aryl methyl sites for hydroxylation is 6. The smallest absolute Gasteiger partial charge is 0.177 e. The van der Waals surface area contributed by atoms with E-state index < -0.39 is 0 Å². The van der Waals surface area contributed by atoms with Crippen LogP contribution < -0.4 is 0 Å². The first-order chi connectivity index (χ1) is 8.36. The molecule has 2 aromatic carbocycles. The molecule has 0 radical (unpaired) electrons. The zero-order valence-electron chi connectivity index (χ0n) is 13.0. The fourth-order valence-electron chi connectivity index (χ4n) is 2.22. The minimum Gasteiger partial charge on any atom is -0.177 e. The summed E-state index contributed by atoms with van der Waals surface area (Å²) < 4.78 is 0. The first-order valence-electron chi connectivity index (χ1n) is 6.31. The molecule has 0 N–H and O–H groups in total. The summed E-state index contributed by atoms with van der Waals surface area (Å²) in [4.78, 5) is 0. The topological polar surface area (TPSA) is 0 Å². The molecule has 0 fully saturated rings. The van der Waals surface area contributed by atoms with Gasteiger partial charge in [0.2, 0.25) is 0 Å². The number of rotatable bonds is 0. The van der Waals surface area contributed by atoms with Crippen LogP contribution >= 0.6 is 0 Å². The largest absolute Gasteiger partial charge is 2.00 e. The SMILES string of the molecule is Cc1[c-]c(C)cc(C)c1.Cc1[c-]c(C)cc(C)c1.[Ca+2]. The van der Waals surface area contributed by atoms with Crippen LogP contribution in [-0.2, 0) is 0 Å². The summed E-state index contributed by atoms with van der Waals surface area (Å²) in [7, 11) is 0. The minimum atomic E-state index is 0. The molecule has 0 saturated carbocycles. The third kappa shape index (κ3) is 7.77. The Labute approximate surface area is 148 Å². The Morgan fingerprint density at radius 2 is 0.737 bits per heavy atom. The van der Waals surface area contributed by atoms with Crippen molar-refractivity contribution in [3.05, 3.63) is 69.8 Å². The van der Waals surface area contributed by atoms with Crippen LogP contribution in [-0.4, -0.2) is 37.7 Å². The first-order valence-corrected chi connectivity index (χ1v) is 6.31. The maximum atomic E-state index is 3.21. The Kier molecular flexibility index (Phi) is 8.65. The Bertz CT molecular complexity index is 377. The maximum absolute atomic E-state index is 3.21. The number of benzene rings is 2. The van der Waals surface area contributed by atoms with E-state index in [-0.39, 0.29) is 37.7 Å². The van der Waals surface area contributed by atoms with E-state index in [9.17, 15) is 0 Å². The molecule has 0 aliphatic rings. The van der Waals surface area contributed by atoms with E-state index in [1.165, 1.54) is 33.4 Å². The predicted octanol–water partition coefficient (Wildman–Crippen LogP) is 4.44. The Morgan fingerprint density at radius 1 is 0.526 bits per heavy atom. The van der Waals surface area contributed by atoms with Crippen molar-refractivity contribution in [3.63, 3.8) is 0 Å². The molecule has 0 aromatic heterocycles. The molecular formula is C18H22Ca. The third-order valence-corrected chi connectivity index (χ3v) is 2.57. The van der Waals surface area contributed by atoms with Gasteiger partial charge in [-0.3, -0.25) is 0 Å². The van der Waals surface area contributed by atoms with Crippen LogP contribution in [0.15, 0.2) is 24.3 Å². The summed E-state index contributed by atoms with van der Waals surface area (Å²) in [6.07, 6.45) is 0. The molecule has 0 nitrogen and oxygen atoms in total. The summed E-state index contributed by atoms with van der Waals surface area (Å²) in [5.74, 6) is 0. The second-order valence-corrected chi connectivity index (χ2v) is 5.05. The third-order valence-electron chi connectivity index (χ3n) is 2.57. The van der Waals surface area contributed by atoms with Gasteiger partial charge in [-0.05, 0) is 0 Å². The molecule has 2 rings (SSSR count). The van der Waals surface area contributed by atoms with Gasteiger partial charge in [-0.15, -0.1) is 0 Å². The number of hydrogen-bond donors (Lipinski definition) is 0. The predicted molar refractivity (Wildman–Crippen MR) is 84.7 cm³/mol. The van der Waals surface area contributed by atoms with E-state index in [0.717, 1.165) is 0 Å². The molecule has 0 heterocycles. The molecule has 0 aliphatic heterocycles. The van der Waals surface area contributed by atoms with Gasteiger partial charge in [0.15, 0.2) is 0 Å². The van der Waals surface area contributed by atoms with Crippen molar-refractivity contribution >= 4 is 37.7 Å². The summed E-state index contributed by atoms with van der Waals surface area (Å²) in [6, 6.07) is 14.9. The van der Waals surface area contributed by atoms with Gasteiger partial charge in [-0.25, -0.2) is 0 Å². The van der Waals surface area contributed by atoms with Crippen LogP contribution in [0, 0.1) is 53.7 Å². The van der Waals surface area contributed by atoms with Gasteiger partial charge < -0.3 is 0 Å². The zero-order valence-corrected chi connectivity index (χ0v) is 15.2. The van der Waals surface area contributed by atoms with Gasteiger partial charge in [-0.2, -0.15) is 69.8 Å². The van der Waals surface area contributed by atoms with Crippen LogP contribution in [0.1, 0.15) is 33.4 Å². The Balaban J connectivity index is 0.000000324.